The Balaban J connectivity index is 2.38. The van der Waals surface area contributed by atoms with Gasteiger partial charge in [-0.3, -0.25) is 4.79 Å². The molecule has 0 unspecified atom stereocenters. The minimum atomic E-state index is -0.156. The van der Waals surface area contributed by atoms with Crippen molar-refractivity contribution in [1.29, 1.82) is 0 Å². The van der Waals surface area contributed by atoms with Gasteiger partial charge in [-0.15, -0.1) is 0 Å². The van der Waals surface area contributed by atoms with Crippen LogP contribution in [0.5, 0.6) is 0 Å². The first kappa shape index (κ1) is 18.1. The first-order valence-electron chi connectivity index (χ1n) is 7.26. The molecule has 1 rings (SSSR count). The third-order valence-electron chi connectivity index (χ3n) is 2.92. The lowest BCUT2D eigenvalue weighted by Gasteiger charge is -2.10. The quantitative estimate of drug-likeness (QED) is 0.612. The molecule has 0 aliphatic heterocycles. The minimum absolute atomic E-state index is 0.156. The van der Waals surface area contributed by atoms with E-state index in [9.17, 15) is 4.79 Å². The van der Waals surface area contributed by atoms with Crippen LogP contribution in [-0.2, 0) is 16.0 Å². The van der Waals surface area contributed by atoms with Crippen molar-refractivity contribution in [1.82, 2.24) is 9.78 Å². The van der Waals surface area contributed by atoms with Crippen molar-refractivity contribution < 1.29 is 9.47 Å². The summed E-state index contributed by atoms with van der Waals surface area (Å²) in [6.07, 6.45) is 4.79. The summed E-state index contributed by atoms with van der Waals surface area (Å²) in [6.45, 7) is 5.33. The molecule has 0 aliphatic rings. The van der Waals surface area contributed by atoms with Crippen molar-refractivity contribution in [3.8, 4) is 0 Å². The van der Waals surface area contributed by atoms with Gasteiger partial charge < -0.3 is 14.8 Å². The Morgan fingerprint density at radius 2 is 2.10 bits per heavy atom. The number of unbranched alkanes of at least 4 members (excludes halogenated alkanes) is 1. The van der Waals surface area contributed by atoms with Crippen molar-refractivity contribution in [2.45, 2.75) is 32.7 Å². The van der Waals surface area contributed by atoms with Gasteiger partial charge in [0.1, 0.15) is 4.47 Å². The van der Waals surface area contributed by atoms with Gasteiger partial charge >= 0.3 is 0 Å². The number of hydrogen-bond donors (Lipinski definition) is 1. The van der Waals surface area contributed by atoms with E-state index in [-0.39, 0.29) is 5.56 Å². The average Bonchev–Trinajstić information content (AvgIpc) is 2.49. The topological polar surface area (TPSA) is 65.4 Å². The molecule has 0 radical (unpaired) electrons. The number of methoxy groups -OCH3 is 1. The third kappa shape index (κ3) is 6.58. The summed E-state index contributed by atoms with van der Waals surface area (Å²) in [5.41, 5.74) is 0.554. The van der Waals surface area contributed by atoms with E-state index in [2.05, 4.69) is 33.3 Å². The Hall–Kier alpha value is -0.920. The SMILES string of the molecule is CCCCOCCCNc1cnn(CCOC)c(=O)c1Br. The molecule has 0 spiro atoms. The van der Waals surface area contributed by atoms with Crippen LogP contribution in [0, 0.1) is 0 Å². The molecule has 1 heterocycles. The van der Waals surface area contributed by atoms with Crippen LogP contribution in [0.3, 0.4) is 0 Å². The number of rotatable bonds is 11. The maximum atomic E-state index is 12.0. The van der Waals surface area contributed by atoms with Crippen LogP contribution in [0.15, 0.2) is 15.5 Å². The number of halogens is 1. The van der Waals surface area contributed by atoms with Crippen LogP contribution in [0.4, 0.5) is 5.69 Å². The Morgan fingerprint density at radius 1 is 1.33 bits per heavy atom. The molecule has 0 amide bonds. The van der Waals surface area contributed by atoms with Crippen LogP contribution in [0.1, 0.15) is 26.2 Å². The second kappa shape index (κ2) is 10.8. The predicted molar refractivity (Wildman–Crippen MR) is 86.9 cm³/mol. The Labute approximate surface area is 134 Å². The van der Waals surface area contributed by atoms with E-state index in [1.54, 1.807) is 13.3 Å². The zero-order chi connectivity index (χ0) is 15.5. The maximum Gasteiger partial charge on any atom is 0.283 e. The normalized spacial score (nSPS) is 10.8. The third-order valence-corrected chi connectivity index (χ3v) is 3.68. The van der Waals surface area contributed by atoms with Crippen LogP contribution < -0.4 is 10.9 Å². The van der Waals surface area contributed by atoms with E-state index in [1.807, 2.05) is 0 Å². The van der Waals surface area contributed by atoms with Crippen LogP contribution in [0.25, 0.3) is 0 Å². The van der Waals surface area contributed by atoms with Gasteiger partial charge in [-0.2, -0.15) is 5.10 Å². The number of nitrogens with zero attached hydrogens (tertiary/aromatic N) is 2. The highest BCUT2D eigenvalue weighted by Gasteiger charge is 2.08. The van der Waals surface area contributed by atoms with E-state index < -0.39 is 0 Å². The molecule has 7 heteroatoms. The summed E-state index contributed by atoms with van der Waals surface area (Å²) in [4.78, 5) is 12.0. The monoisotopic (exact) mass is 361 g/mol. The van der Waals surface area contributed by atoms with Crippen molar-refractivity contribution in [3.05, 3.63) is 21.0 Å². The van der Waals surface area contributed by atoms with E-state index in [1.165, 1.54) is 4.68 Å². The standard InChI is InChI=1S/C14H24BrN3O3/c1-3-4-8-21-9-5-6-16-12-11-17-18(7-10-20-2)14(19)13(12)15/h11,16H,3-10H2,1-2H3. The highest BCUT2D eigenvalue weighted by atomic mass is 79.9. The summed E-state index contributed by atoms with van der Waals surface area (Å²) >= 11 is 3.32. The molecule has 6 nitrogen and oxygen atoms in total. The Morgan fingerprint density at radius 3 is 2.81 bits per heavy atom. The molecule has 0 saturated heterocycles. The zero-order valence-electron chi connectivity index (χ0n) is 12.7. The van der Waals surface area contributed by atoms with Gasteiger partial charge in [0.2, 0.25) is 0 Å². The molecule has 1 aromatic heterocycles. The molecule has 21 heavy (non-hydrogen) atoms. The number of ether oxygens (including phenoxy) is 2. The van der Waals surface area contributed by atoms with Gasteiger partial charge in [-0.1, -0.05) is 13.3 Å². The second-order valence-corrected chi connectivity index (χ2v) is 5.43. The molecule has 0 saturated carbocycles. The smallest absolute Gasteiger partial charge is 0.283 e. The van der Waals surface area contributed by atoms with Crippen LogP contribution in [0.2, 0.25) is 0 Å². The predicted octanol–water partition coefficient (Wildman–Crippen LogP) is 2.27. The minimum Gasteiger partial charge on any atom is -0.383 e. The number of nitrogens with one attached hydrogen (secondary N) is 1. The first-order valence-corrected chi connectivity index (χ1v) is 8.06. The van der Waals surface area contributed by atoms with Gasteiger partial charge in [0.15, 0.2) is 0 Å². The Bertz CT molecular complexity index is 465. The number of anilines is 1. The molecule has 0 aromatic carbocycles. The maximum absolute atomic E-state index is 12.0. The van der Waals surface area contributed by atoms with Gasteiger partial charge in [0, 0.05) is 26.9 Å². The highest BCUT2D eigenvalue weighted by Crippen LogP contribution is 2.15. The lowest BCUT2D eigenvalue weighted by atomic mass is 10.3. The van der Waals surface area contributed by atoms with Gasteiger partial charge in [0.05, 0.1) is 25.0 Å². The number of aromatic nitrogens is 2. The molecule has 1 N–H and O–H groups in total. The fourth-order valence-corrected chi connectivity index (χ4v) is 2.12. The molecule has 0 fully saturated rings. The van der Waals surface area contributed by atoms with Crippen LogP contribution >= 0.6 is 15.9 Å². The lowest BCUT2D eigenvalue weighted by Crippen LogP contribution is -2.26. The summed E-state index contributed by atoms with van der Waals surface area (Å²) in [5.74, 6) is 0. The molecule has 0 aliphatic carbocycles. The van der Waals surface area contributed by atoms with E-state index in [0.29, 0.717) is 23.3 Å². The summed E-state index contributed by atoms with van der Waals surface area (Å²) in [5, 5.41) is 7.31. The van der Waals surface area contributed by atoms with Gasteiger partial charge in [-0.05, 0) is 28.8 Å². The first-order chi connectivity index (χ1) is 10.2. The zero-order valence-corrected chi connectivity index (χ0v) is 14.3. The largest absolute Gasteiger partial charge is 0.383 e. The Kier molecular flexibility index (Phi) is 9.29. The summed E-state index contributed by atoms with van der Waals surface area (Å²) in [7, 11) is 1.60. The van der Waals surface area contributed by atoms with Crippen molar-refractivity contribution in [2.75, 3.05) is 38.8 Å². The van der Waals surface area contributed by atoms with Gasteiger partial charge in [0.25, 0.3) is 5.56 Å². The second-order valence-electron chi connectivity index (χ2n) is 4.64. The highest BCUT2D eigenvalue weighted by molar-refractivity contribution is 9.10. The average molecular weight is 362 g/mol. The molecule has 0 bridgehead atoms. The van der Waals surface area contributed by atoms with Crippen molar-refractivity contribution >= 4 is 21.6 Å². The van der Waals surface area contributed by atoms with Gasteiger partial charge in [-0.25, -0.2) is 4.68 Å². The summed E-state index contributed by atoms with van der Waals surface area (Å²) in [6, 6.07) is 0. The van der Waals surface area contributed by atoms with E-state index >= 15 is 0 Å². The van der Waals surface area contributed by atoms with E-state index in [0.717, 1.165) is 39.0 Å². The number of hydrogen-bond acceptors (Lipinski definition) is 5. The fraction of sp³-hybridized carbons (Fsp3) is 0.714. The molecule has 1 aromatic rings. The molecular weight excluding hydrogens is 338 g/mol. The van der Waals surface area contributed by atoms with E-state index in [4.69, 9.17) is 9.47 Å². The van der Waals surface area contributed by atoms with Crippen molar-refractivity contribution in [2.24, 2.45) is 0 Å². The molecule has 0 atom stereocenters. The fourth-order valence-electron chi connectivity index (χ4n) is 1.67. The lowest BCUT2D eigenvalue weighted by molar-refractivity contribution is 0.131. The molecular formula is C14H24BrN3O3. The van der Waals surface area contributed by atoms with Crippen molar-refractivity contribution in [3.63, 3.8) is 0 Å². The summed E-state index contributed by atoms with van der Waals surface area (Å²) < 4.78 is 12.3. The molecule has 120 valence electrons. The van der Waals surface area contributed by atoms with Crippen LogP contribution in [-0.4, -0.2) is 43.3 Å².